The maximum absolute atomic E-state index is 14.0. The van der Waals surface area contributed by atoms with Gasteiger partial charge in [0.1, 0.15) is 24.0 Å². The Morgan fingerprint density at radius 2 is 1.62 bits per heavy atom. The summed E-state index contributed by atoms with van der Waals surface area (Å²) in [6.45, 7) is 0.822. The minimum Gasteiger partial charge on any atom is -0.238 e. The van der Waals surface area contributed by atoms with Gasteiger partial charge >= 0.3 is 10.2 Å². The van der Waals surface area contributed by atoms with Crippen LogP contribution in [0.1, 0.15) is 41.0 Å². The summed E-state index contributed by atoms with van der Waals surface area (Å²) < 4.78 is 59.1. The lowest BCUT2D eigenvalue weighted by molar-refractivity contribution is -0.670. The number of hydrogen-bond donors (Lipinski definition) is 0. The Hall–Kier alpha value is -2.58. The molecule has 2 heterocycles. The van der Waals surface area contributed by atoms with Crippen LogP contribution in [0.5, 0.6) is 0 Å². The van der Waals surface area contributed by atoms with Gasteiger partial charge < -0.3 is 0 Å². The van der Waals surface area contributed by atoms with Gasteiger partial charge in [0.15, 0.2) is 0 Å². The highest BCUT2D eigenvalue weighted by molar-refractivity contribution is 7.87. The van der Waals surface area contributed by atoms with E-state index in [4.69, 9.17) is 0 Å². The Morgan fingerprint density at radius 1 is 1.00 bits per heavy atom. The van der Waals surface area contributed by atoms with Gasteiger partial charge in [-0.05, 0) is 78.1 Å². The van der Waals surface area contributed by atoms with Crippen LogP contribution in [0.3, 0.4) is 0 Å². The van der Waals surface area contributed by atoms with Crippen LogP contribution in [0.2, 0.25) is 0 Å². The van der Waals surface area contributed by atoms with E-state index in [9.17, 15) is 17.2 Å². The summed E-state index contributed by atoms with van der Waals surface area (Å²) in [5.41, 5.74) is 3.88. The fourth-order valence-electron chi connectivity index (χ4n) is 5.29. The first kappa shape index (κ1) is 21.3. The predicted octanol–water partition coefficient (Wildman–Crippen LogP) is 3.33. The van der Waals surface area contributed by atoms with E-state index in [1.54, 1.807) is 46.8 Å². The van der Waals surface area contributed by atoms with Crippen molar-refractivity contribution in [3.63, 3.8) is 0 Å². The van der Waals surface area contributed by atoms with Gasteiger partial charge in [0, 0.05) is 19.0 Å². The number of aromatic nitrogens is 2. The van der Waals surface area contributed by atoms with Gasteiger partial charge in [-0.25, -0.2) is 13.3 Å². The van der Waals surface area contributed by atoms with Crippen molar-refractivity contribution >= 4 is 10.2 Å². The van der Waals surface area contributed by atoms with E-state index in [-0.39, 0.29) is 23.5 Å². The molecule has 1 fully saturated rings. The van der Waals surface area contributed by atoms with Crippen molar-refractivity contribution < 1.29 is 21.8 Å². The highest BCUT2D eigenvalue weighted by atomic mass is 32.2. The summed E-state index contributed by atoms with van der Waals surface area (Å²) in [5, 5.41) is 0. The molecule has 168 valence electrons. The number of benzene rings is 2. The van der Waals surface area contributed by atoms with Gasteiger partial charge in [-0.3, -0.25) is 0 Å². The average Bonchev–Trinajstić information content (AvgIpc) is 3.15. The zero-order chi connectivity index (χ0) is 22.5. The molecule has 8 heteroatoms. The molecule has 1 atom stereocenters. The van der Waals surface area contributed by atoms with Crippen molar-refractivity contribution in [2.24, 2.45) is 13.0 Å². The summed E-state index contributed by atoms with van der Waals surface area (Å²) >= 11 is 0. The summed E-state index contributed by atoms with van der Waals surface area (Å²) in [5.74, 6) is -0.669. The highest BCUT2D eigenvalue weighted by Crippen LogP contribution is 2.43. The Morgan fingerprint density at radius 3 is 2.19 bits per heavy atom. The van der Waals surface area contributed by atoms with Gasteiger partial charge in [0.05, 0.1) is 7.05 Å². The molecule has 0 saturated carbocycles. The molecule has 1 aliphatic heterocycles. The molecule has 0 spiro atoms. The molecule has 32 heavy (non-hydrogen) atoms. The first-order valence-electron chi connectivity index (χ1n) is 10.9. The zero-order valence-electron chi connectivity index (χ0n) is 17.9. The fourth-order valence-corrected chi connectivity index (χ4v) is 6.77. The van der Waals surface area contributed by atoms with E-state index in [0.717, 1.165) is 35.1 Å². The van der Waals surface area contributed by atoms with Gasteiger partial charge in [-0.2, -0.15) is 12.7 Å². The topological polar surface area (TPSA) is 46.2 Å². The normalized spacial score (nSPS) is 19.9. The lowest BCUT2D eigenvalue weighted by Crippen LogP contribution is -2.44. The number of piperidine rings is 1. The molecule has 1 unspecified atom stereocenters. The van der Waals surface area contributed by atoms with Crippen LogP contribution >= 0.6 is 0 Å². The van der Waals surface area contributed by atoms with Crippen molar-refractivity contribution in [1.82, 2.24) is 8.28 Å². The molecule has 2 aromatic carbocycles. The molecule has 5 nitrogen and oxygen atoms in total. The number of halogens is 2. The maximum atomic E-state index is 14.0. The van der Waals surface area contributed by atoms with E-state index in [1.807, 2.05) is 12.1 Å². The molecule has 2 aliphatic rings. The van der Waals surface area contributed by atoms with Crippen molar-refractivity contribution in [3.05, 3.63) is 89.0 Å². The monoisotopic (exact) mass is 458 g/mol. The number of nitrogens with zero attached hydrogens (tertiary/aromatic N) is 3. The van der Waals surface area contributed by atoms with Crippen LogP contribution in [-0.4, -0.2) is 29.8 Å². The van der Waals surface area contributed by atoms with E-state index >= 15 is 0 Å². The quantitative estimate of drug-likeness (QED) is 0.566. The van der Waals surface area contributed by atoms with Gasteiger partial charge in [-0.1, -0.05) is 12.1 Å². The molecule has 1 aromatic heterocycles. The minimum absolute atomic E-state index is 0.00867. The molecular weight excluding hydrogens is 432 g/mol. The van der Waals surface area contributed by atoms with Gasteiger partial charge in [0.25, 0.3) is 6.33 Å². The molecule has 1 aliphatic carbocycles. The first-order valence-corrected chi connectivity index (χ1v) is 12.3. The fraction of sp³-hybridized carbons (Fsp3) is 0.375. The molecule has 1 saturated heterocycles. The number of imidazole rings is 1. The number of rotatable bonds is 3. The highest BCUT2D eigenvalue weighted by Gasteiger charge is 2.39. The second-order valence-corrected chi connectivity index (χ2v) is 10.7. The Kier molecular flexibility index (Phi) is 5.37. The van der Waals surface area contributed by atoms with Crippen LogP contribution in [0.15, 0.2) is 55.1 Å². The van der Waals surface area contributed by atoms with E-state index in [1.165, 1.54) is 16.1 Å². The zero-order valence-corrected chi connectivity index (χ0v) is 18.7. The smallest absolute Gasteiger partial charge is 0.238 e. The SMILES string of the molecule is C[n+]1ccn(S(=O)(=O)N2CCCC(C3c4ccc(F)cc4CCc4cc(F)ccc43)C2)c1. The average molecular weight is 459 g/mol. The third-order valence-electron chi connectivity index (χ3n) is 6.77. The lowest BCUT2D eigenvalue weighted by atomic mass is 9.75. The van der Waals surface area contributed by atoms with Crippen LogP contribution in [-0.2, 0) is 30.1 Å². The van der Waals surface area contributed by atoms with E-state index in [2.05, 4.69) is 0 Å². The van der Waals surface area contributed by atoms with Crippen molar-refractivity contribution in [2.75, 3.05) is 13.1 Å². The molecule has 3 aromatic rings. The Labute approximate surface area is 187 Å². The minimum atomic E-state index is -3.68. The first-order chi connectivity index (χ1) is 15.3. The summed E-state index contributed by atoms with van der Waals surface area (Å²) in [7, 11) is -1.90. The molecular formula is C24H26F2N3O2S+. The second kappa shape index (κ2) is 8.08. The van der Waals surface area contributed by atoms with Crippen LogP contribution in [0.4, 0.5) is 8.78 Å². The number of hydrogen-bond acceptors (Lipinski definition) is 2. The van der Waals surface area contributed by atoms with E-state index < -0.39 is 10.2 Å². The summed E-state index contributed by atoms with van der Waals surface area (Å²) in [6, 6.07) is 9.73. The maximum Gasteiger partial charge on any atom is 0.379 e. The standard InChI is InChI=1S/C24H26F2N3O2S/c1-27-11-12-29(16-27)32(30,31)28-10-2-3-19(15-28)24-22-8-6-20(25)13-17(22)4-5-18-14-21(26)7-9-23(18)24/h6-9,11-14,16,19,24H,2-5,10,15H2,1H3/q+1. The largest absolute Gasteiger partial charge is 0.379 e. The van der Waals surface area contributed by atoms with Crippen molar-refractivity contribution in [2.45, 2.75) is 31.6 Å². The lowest BCUT2D eigenvalue weighted by Gasteiger charge is -2.36. The van der Waals surface area contributed by atoms with Crippen LogP contribution in [0, 0.1) is 17.6 Å². The molecule has 0 amide bonds. The predicted molar refractivity (Wildman–Crippen MR) is 116 cm³/mol. The van der Waals surface area contributed by atoms with Crippen LogP contribution in [0.25, 0.3) is 0 Å². The molecule has 0 N–H and O–H groups in total. The van der Waals surface area contributed by atoms with Crippen LogP contribution < -0.4 is 4.57 Å². The molecule has 5 rings (SSSR count). The number of aryl methyl sites for hydroxylation is 3. The second-order valence-electron chi connectivity index (χ2n) is 8.84. The summed E-state index contributed by atoms with van der Waals surface area (Å²) in [6.07, 6.45) is 7.63. The van der Waals surface area contributed by atoms with Gasteiger partial charge in [0.2, 0.25) is 0 Å². The van der Waals surface area contributed by atoms with Crippen molar-refractivity contribution in [3.8, 4) is 0 Å². The third kappa shape index (κ3) is 3.75. The Balaban J connectivity index is 1.56. The third-order valence-corrected chi connectivity index (χ3v) is 8.51. The molecule has 0 radical (unpaired) electrons. The van der Waals surface area contributed by atoms with Crippen molar-refractivity contribution in [1.29, 1.82) is 0 Å². The van der Waals surface area contributed by atoms with E-state index in [0.29, 0.717) is 25.9 Å². The summed E-state index contributed by atoms with van der Waals surface area (Å²) in [4.78, 5) is 0. The van der Waals surface area contributed by atoms with Gasteiger partial charge in [-0.15, -0.1) is 3.97 Å². The Bertz CT molecular complexity index is 1220. The molecule has 0 bridgehead atoms. The number of fused-ring (bicyclic) bond motifs is 2.